The molecule has 2 atom stereocenters. The zero-order valence-corrected chi connectivity index (χ0v) is 13.7. The van der Waals surface area contributed by atoms with E-state index in [0.717, 1.165) is 25.9 Å². The normalized spacial score (nSPS) is 20.8. The highest BCUT2D eigenvalue weighted by Crippen LogP contribution is 2.30. The Morgan fingerprint density at radius 1 is 1.43 bits per heavy atom. The van der Waals surface area contributed by atoms with Crippen molar-refractivity contribution in [1.82, 2.24) is 5.32 Å². The van der Waals surface area contributed by atoms with Crippen molar-refractivity contribution in [2.24, 2.45) is 5.92 Å². The van der Waals surface area contributed by atoms with Crippen LogP contribution in [0.15, 0.2) is 24.3 Å². The molecule has 0 aromatic heterocycles. The van der Waals surface area contributed by atoms with Gasteiger partial charge in [-0.05, 0) is 51.2 Å². The second-order valence-corrected chi connectivity index (χ2v) is 6.88. The van der Waals surface area contributed by atoms with Gasteiger partial charge in [-0.1, -0.05) is 25.1 Å². The van der Waals surface area contributed by atoms with Crippen molar-refractivity contribution in [1.29, 1.82) is 5.26 Å². The summed E-state index contributed by atoms with van der Waals surface area (Å²) >= 11 is 0. The largest absolute Gasteiger partial charge is 0.371 e. The molecule has 1 N–H and O–H groups in total. The van der Waals surface area contributed by atoms with Gasteiger partial charge in [0.2, 0.25) is 0 Å². The van der Waals surface area contributed by atoms with Crippen LogP contribution in [0, 0.1) is 17.2 Å². The van der Waals surface area contributed by atoms with Gasteiger partial charge in [0.15, 0.2) is 0 Å². The molecule has 0 saturated heterocycles. The minimum absolute atomic E-state index is 0.321. The lowest BCUT2D eigenvalue weighted by Gasteiger charge is -2.37. The summed E-state index contributed by atoms with van der Waals surface area (Å²) < 4.78 is 0. The topological polar surface area (TPSA) is 39.1 Å². The predicted octanol–water partition coefficient (Wildman–Crippen LogP) is 3.36. The number of nitriles is 1. The van der Waals surface area contributed by atoms with Crippen LogP contribution in [-0.4, -0.2) is 24.7 Å². The first-order valence-corrected chi connectivity index (χ1v) is 7.95. The van der Waals surface area contributed by atoms with Crippen LogP contribution in [-0.2, 0) is 6.42 Å². The third-order valence-electron chi connectivity index (χ3n) is 4.17. The third kappa shape index (κ3) is 3.98. The van der Waals surface area contributed by atoms with Crippen molar-refractivity contribution in [2.45, 2.75) is 52.1 Å². The molecule has 2 rings (SSSR count). The van der Waals surface area contributed by atoms with Gasteiger partial charge in [-0.15, -0.1) is 0 Å². The lowest BCUT2D eigenvalue weighted by Crippen LogP contribution is -2.48. The molecule has 1 heterocycles. The molecule has 0 aliphatic carbocycles. The summed E-state index contributed by atoms with van der Waals surface area (Å²) in [4.78, 5) is 2.45. The Hall–Kier alpha value is -1.53. The van der Waals surface area contributed by atoms with Gasteiger partial charge in [0.05, 0.1) is 6.07 Å². The van der Waals surface area contributed by atoms with E-state index >= 15 is 0 Å². The van der Waals surface area contributed by atoms with E-state index < -0.39 is 5.54 Å². The van der Waals surface area contributed by atoms with Crippen LogP contribution in [0.2, 0.25) is 0 Å². The van der Waals surface area contributed by atoms with Gasteiger partial charge in [0.1, 0.15) is 5.54 Å². The number of para-hydroxylation sites is 1. The van der Waals surface area contributed by atoms with Crippen LogP contribution in [0.1, 0.15) is 39.7 Å². The van der Waals surface area contributed by atoms with Gasteiger partial charge in [-0.2, -0.15) is 5.26 Å². The quantitative estimate of drug-likeness (QED) is 0.901. The summed E-state index contributed by atoms with van der Waals surface area (Å²) in [6.07, 6.45) is 2.00. The fourth-order valence-electron chi connectivity index (χ4n) is 3.27. The second kappa shape index (κ2) is 6.49. The average molecular weight is 285 g/mol. The molecule has 1 aliphatic rings. The average Bonchev–Trinajstić information content (AvgIpc) is 2.44. The van der Waals surface area contributed by atoms with Crippen molar-refractivity contribution in [3.63, 3.8) is 0 Å². The highest BCUT2D eigenvalue weighted by Gasteiger charge is 2.27. The first-order chi connectivity index (χ1) is 9.93. The van der Waals surface area contributed by atoms with Crippen LogP contribution < -0.4 is 10.2 Å². The van der Waals surface area contributed by atoms with Crippen molar-refractivity contribution in [2.75, 3.05) is 18.0 Å². The number of fused-ring (bicyclic) bond motifs is 1. The summed E-state index contributed by atoms with van der Waals surface area (Å²) in [6, 6.07) is 11.4. The highest BCUT2D eigenvalue weighted by molar-refractivity contribution is 5.55. The Labute approximate surface area is 129 Å². The maximum atomic E-state index is 9.48. The predicted molar refractivity (Wildman–Crippen MR) is 88.4 cm³/mol. The van der Waals surface area contributed by atoms with Crippen LogP contribution >= 0.6 is 0 Å². The lowest BCUT2D eigenvalue weighted by molar-refractivity contribution is 0.377. The molecule has 3 heteroatoms. The molecule has 114 valence electrons. The van der Waals surface area contributed by atoms with E-state index in [-0.39, 0.29) is 0 Å². The van der Waals surface area contributed by atoms with E-state index in [1.54, 1.807) is 0 Å². The van der Waals surface area contributed by atoms with Crippen molar-refractivity contribution < 1.29 is 0 Å². The first-order valence-electron chi connectivity index (χ1n) is 7.95. The number of anilines is 1. The second-order valence-electron chi connectivity index (χ2n) is 6.88. The maximum absolute atomic E-state index is 9.48. The van der Waals surface area contributed by atoms with Crippen LogP contribution in [0.5, 0.6) is 0 Å². The Kier molecular flexibility index (Phi) is 4.90. The van der Waals surface area contributed by atoms with Gasteiger partial charge in [-0.3, -0.25) is 5.32 Å². The minimum Gasteiger partial charge on any atom is -0.371 e. The SMILES string of the molecule is CC1Cc2ccccc2N(CCC(C)(C#N)NC(C)C)C1. The number of nitrogens with zero attached hydrogens (tertiary/aromatic N) is 2. The van der Waals surface area contributed by atoms with Crippen molar-refractivity contribution in [3.05, 3.63) is 29.8 Å². The lowest BCUT2D eigenvalue weighted by atomic mass is 9.92. The Morgan fingerprint density at radius 2 is 2.14 bits per heavy atom. The van der Waals surface area contributed by atoms with Gasteiger partial charge < -0.3 is 4.90 Å². The molecule has 0 spiro atoms. The monoisotopic (exact) mass is 285 g/mol. The summed E-state index contributed by atoms with van der Waals surface area (Å²) in [6.45, 7) is 10.5. The molecule has 1 aliphatic heterocycles. The number of benzene rings is 1. The molecule has 0 fully saturated rings. The van der Waals surface area contributed by atoms with E-state index in [9.17, 15) is 5.26 Å². The fraction of sp³-hybridized carbons (Fsp3) is 0.611. The standard InChI is InChI=1S/C18H27N3/c1-14(2)20-18(4,13-19)9-10-21-12-15(3)11-16-7-5-6-8-17(16)21/h5-8,14-15,20H,9-12H2,1-4H3. The van der Waals surface area contributed by atoms with Gasteiger partial charge in [0, 0.05) is 24.8 Å². The molecular formula is C18H27N3. The molecule has 21 heavy (non-hydrogen) atoms. The first kappa shape index (κ1) is 15.9. The van der Waals surface area contributed by atoms with Crippen LogP contribution in [0.4, 0.5) is 5.69 Å². The number of nitrogens with one attached hydrogen (secondary N) is 1. The van der Waals surface area contributed by atoms with Crippen molar-refractivity contribution in [3.8, 4) is 6.07 Å². The smallest absolute Gasteiger partial charge is 0.105 e. The van der Waals surface area contributed by atoms with Crippen LogP contribution in [0.25, 0.3) is 0 Å². The Morgan fingerprint density at radius 3 is 2.81 bits per heavy atom. The molecule has 1 aromatic rings. The molecule has 0 saturated carbocycles. The molecule has 1 aromatic carbocycles. The molecule has 3 nitrogen and oxygen atoms in total. The zero-order chi connectivity index (χ0) is 15.5. The molecule has 0 amide bonds. The summed E-state index contributed by atoms with van der Waals surface area (Å²) in [5.74, 6) is 0.672. The Bertz CT molecular complexity index is 517. The molecule has 2 unspecified atom stereocenters. The highest BCUT2D eigenvalue weighted by atomic mass is 15.1. The van der Waals surface area contributed by atoms with E-state index in [2.05, 4.69) is 61.3 Å². The Balaban J connectivity index is 2.08. The van der Waals surface area contributed by atoms with Gasteiger partial charge in [0.25, 0.3) is 0 Å². The minimum atomic E-state index is -0.455. The van der Waals surface area contributed by atoms with Crippen LogP contribution in [0.3, 0.4) is 0 Å². The van der Waals surface area contributed by atoms with E-state index in [1.807, 2.05) is 6.92 Å². The molecule has 0 radical (unpaired) electrons. The van der Waals surface area contributed by atoms with E-state index in [4.69, 9.17) is 0 Å². The summed E-state index contributed by atoms with van der Waals surface area (Å²) in [5, 5.41) is 12.9. The number of hydrogen-bond donors (Lipinski definition) is 1. The summed E-state index contributed by atoms with van der Waals surface area (Å²) in [7, 11) is 0. The molecule has 0 bridgehead atoms. The number of hydrogen-bond acceptors (Lipinski definition) is 3. The number of rotatable bonds is 5. The fourth-order valence-corrected chi connectivity index (χ4v) is 3.27. The maximum Gasteiger partial charge on any atom is 0.105 e. The van der Waals surface area contributed by atoms with E-state index in [0.29, 0.717) is 12.0 Å². The van der Waals surface area contributed by atoms with E-state index in [1.165, 1.54) is 11.3 Å². The molecular weight excluding hydrogens is 258 g/mol. The van der Waals surface area contributed by atoms with Gasteiger partial charge >= 0.3 is 0 Å². The summed E-state index contributed by atoms with van der Waals surface area (Å²) in [5.41, 5.74) is 2.33. The third-order valence-corrected chi connectivity index (χ3v) is 4.17. The zero-order valence-electron chi connectivity index (χ0n) is 13.7. The van der Waals surface area contributed by atoms with Crippen molar-refractivity contribution >= 4 is 5.69 Å². The van der Waals surface area contributed by atoms with Gasteiger partial charge in [-0.25, -0.2) is 0 Å².